The van der Waals surface area contributed by atoms with Gasteiger partial charge in [-0.25, -0.2) is 9.69 Å². The fraction of sp³-hybridized carbons (Fsp3) is 0.0500. The zero-order valence-corrected chi connectivity index (χ0v) is 14.2. The lowest BCUT2D eigenvalue weighted by atomic mass is 10.1. The molecular formula is C20H16N2O5. The third-order valence-corrected chi connectivity index (χ3v) is 3.77. The van der Waals surface area contributed by atoms with Gasteiger partial charge in [0.25, 0.3) is 11.8 Å². The van der Waals surface area contributed by atoms with Crippen molar-refractivity contribution in [2.75, 3.05) is 11.5 Å². The number of rotatable bonds is 5. The minimum absolute atomic E-state index is 0.00535. The Labute approximate surface area is 155 Å². The molecule has 0 spiro atoms. The van der Waals surface area contributed by atoms with E-state index < -0.39 is 17.8 Å². The van der Waals surface area contributed by atoms with E-state index in [0.717, 1.165) is 4.90 Å². The number of carbonyl (C=O) groups is 3. The summed E-state index contributed by atoms with van der Waals surface area (Å²) >= 11 is 0. The number of nitrogens with one attached hydrogen (secondary N) is 1. The number of aromatic hydroxyl groups is 1. The van der Waals surface area contributed by atoms with Crippen LogP contribution < -0.4 is 15.0 Å². The monoisotopic (exact) mass is 364 g/mol. The van der Waals surface area contributed by atoms with Gasteiger partial charge in [-0.3, -0.25) is 14.9 Å². The van der Waals surface area contributed by atoms with Crippen molar-refractivity contribution < 1.29 is 24.2 Å². The van der Waals surface area contributed by atoms with Gasteiger partial charge in [-0.2, -0.15) is 0 Å². The zero-order valence-electron chi connectivity index (χ0n) is 14.2. The summed E-state index contributed by atoms with van der Waals surface area (Å²) in [5, 5.41) is 11.5. The number of imide groups is 2. The molecule has 0 atom stereocenters. The highest BCUT2D eigenvalue weighted by atomic mass is 16.5. The van der Waals surface area contributed by atoms with E-state index in [1.54, 1.807) is 30.3 Å². The Balaban J connectivity index is 1.89. The van der Waals surface area contributed by atoms with Gasteiger partial charge in [0.15, 0.2) is 0 Å². The summed E-state index contributed by atoms with van der Waals surface area (Å²) in [6.45, 7) is 3.93. The van der Waals surface area contributed by atoms with Gasteiger partial charge < -0.3 is 9.84 Å². The summed E-state index contributed by atoms with van der Waals surface area (Å²) < 4.78 is 5.38. The number of barbiturate groups is 1. The van der Waals surface area contributed by atoms with Crippen molar-refractivity contribution in [2.24, 2.45) is 0 Å². The van der Waals surface area contributed by atoms with Crippen LogP contribution in [0.3, 0.4) is 0 Å². The quantitative estimate of drug-likeness (QED) is 0.483. The van der Waals surface area contributed by atoms with Crippen molar-refractivity contribution >= 4 is 29.6 Å². The highest BCUT2D eigenvalue weighted by molar-refractivity contribution is 6.39. The molecule has 27 heavy (non-hydrogen) atoms. The first kappa shape index (κ1) is 17.9. The van der Waals surface area contributed by atoms with Crippen molar-refractivity contribution in [2.45, 2.75) is 0 Å². The predicted molar refractivity (Wildman–Crippen MR) is 99.2 cm³/mol. The van der Waals surface area contributed by atoms with Gasteiger partial charge in [0.1, 0.15) is 23.7 Å². The molecular weight excluding hydrogens is 348 g/mol. The van der Waals surface area contributed by atoms with Crippen LogP contribution in [0.5, 0.6) is 11.5 Å². The Morgan fingerprint density at radius 1 is 1.04 bits per heavy atom. The summed E-state index contributed by atoms with van der Waals surface area (Å²) in [5.41, 5.74) is 0.656. The van der Waals surface area contributed by atoms with Gasteiger partial charge >= 0.3 is 6.03 Å². The molecule has 2 N–H and O–H groups in total. The van der Waals surface area contributed by atoms with E-state index in [1.807, 2.05) is 0 Å². The van der Waals surface area contributed by atoms with Gasteiger partial charge in [-0.15, -0.1) is 0 Å². The van der Waals surface area contributed by atoms with Gasteiger partial charge in [-0.05, 0) is 48.0 Å². The van der Waals surface area contributed by atoms with Crippen LogP contribution in [0.25, 0.3) is 6.08 Å². The summed E-state index contributed by atoms with van der Waals surface area (Å²) in [6, 6.07) is 11.4. The van der Waals surface area contributed by atoms with E-state index in [4.69, 9.17) is 4.74 Å². The maximum atomic E-state index is 12.7. The molecule has 7 heteroatoms. The molecule has 1 heterocycles. The normalized spacial score (nSPS) is 15.6. The minimum atomic E-state index is -0.846. The molecule has 1 fully saturated rings. The highest BCUT2D eigenvalue weighted by Gasteiger charge is 2.36. The van der Waals surface area contributed by atoms with Gasteiger partial charge in [0.05, 0.1) is 5.69 Å². The molecule has 1 saturated heterocycles. The largest absolute Gasteiger partial charge is 0.508 e. The van der Waals surface area contributed by atoms with Crippen molar-refractivity contribution in [1.82, 2.24) is 5.32 Å². The number of anilines is 1. The smallest absolute Gasteiger partial charge is 0.335 e. The van der Waals surface area contributed by atoms with Crippen LogP contribution in [0, 0.1) is 0 Å². The number of phenolic OH excluding ortho intramolecular Hbond substituents is 1. The lowest BCUT2D eigenvalue weighted by Gasteiger charge is -2.26. The van der Waals surface area contributed by atoms with Crippen LogP contribution in [-0.2, 0) is 9.59 Å². The first-order valence-electron chi connectivity index (χ1n) is 8.04. The fourth-order valence-corrected chi connectivity index (χ4v) is 2.48. The summed E-state index contributed by atoms with van der Waals surface area (Å²) in [6.07, 6.45) is 3.02. The van der Waals surface area contributed by atoms with Crippen LogP contribution in [0.4, 0.5) is 10.5 Å². The first-order valence-corrected chi connectivity index (χ1v) is 8.04. The van der Waals surface area contributed by atoms with Crippen molar-refractivity contribution in [3.8, 4) is 11.5 Å². The average Bonchev–Trinajstić information content (AvgIpc) is 2.66. The van der Waals surface area contributed by atoms with Gasteiger partial charge in [0, 0.05) is 0 Å². The molecule has 2 aromatic carbocycles. The van der Waals surface area contributed by atoms with E-state index in [9.17, 15) is 19.5 Å². The third kappa shape index (κ3) is 3.87. The Bertz CT molecular complexity index is 930. The molecule has 0 unspecified atom stereocenters. The van der Waals surface area contributed by atoms with Crippen LogP contribution in [0.1, 0.15) is 5.56 Å². The SMILES string of the molecule is C=CCOc1ccc(C=C2C(=O)NC(=O)N(c3ccc(O)cc3)C2=O)cc1. The van der Waals surface area contributed by atoms with Crippen molar-refractivity contribution in [3.05, 3.63) is 72.3 Å². The standard InChI is InChI=1S/C20H16N2O5/c1-2-11-27-16-9-3-13(4-10-16)12-17-18(24)21-20(26)22(19(17)25)14-5-7-15(23)8-6-14/h2-10,12,23H,1,11H2,(H,21,24,26). The molecule has 1 aliphatic heterocycles. The van der Waals surface area contributed by atoms with Gasteiger partial charge in [-0.1, -0.05) is 24.8 Å². The Morgan fingerprint density at radius 3 is 2.33 bits per heavy atom. The summed E-state index contributed by atoms with van der Waals surface area (Å²) in [7, 11) is 0. The molecule has 2 aromatic rings. The Hall–Kier alpha value is -3.87. The third-order valence-electron chi connectivity index (χ3n) is 3.77. The van der Waals surface area contributed by atoms with E-state index >= 15 is 0 Å². The molecule has 0 saturated carbocycles. The first-order chi connectivity index (χ1) is 13.0. The maximum absolute atomic E-state index is 12.7. The van der Waals surface area contributed by atoms with E-state index in [2.05, 4.69) is 11.9 Å². The summed E-state index contributed by atoms with van der Waals surface area (Å²) in [4.78, 5) is 37.8. The lowest BCUT2D eigenvalue weighted by molar-refractivity contribution is -0.122. The lowest BCUT2D eigenvalue weighted by Crippen LogP contribution is -2.54. The van der Waals surface area contributed by atoms with Crippen molar-refractivity contribution in [3.63, 3.8) is 0 Å². The Morgan fingerprint density at radius 2 is 1.70 bits per heavy atom. The highest BCUT2D eigenvalue weighted by Crippen LogP contribution is 2.24. The number of hydrogen-bond acceptors (Lipinski definition) is 5. The number of nitrogens with zero attached hydrogens (tertiary/aromatic N) is 1. The van der Waals surface area contributed by atoms with Crippen LogP contribution in [0.15, 0.2) is 66.8 Å². The number of carbonyl (C=O) groups excluding carboxylic acids is 3. The average molecular weight is 364 g/mol. The molecule has 4 amide bonds. The second kappa shape index (κ2) is 7.57. The molecule has 0 aliphatic carbocycles. The number of benzene rings is 2. The number of amides is 4. The topological polar surface area (TPSA) is 95.9 Å². The summed E-state index contributed by atoms with van der Waals surface area (Å²) in [5.74, 6) is -0.903. The molecule has 7 nitrogen and oxygen atoms in total. The molecule has 0 aromatic heterocycles. The maximum Gasteiger partial charge on any atom is 0.335 e. The predicted octanol–water partition coefficient (Wildman–Crippen LogP) is 2.62. The van der Waals surface area contributed by atoms with Crippen LogP contribution in [-0.4, -0.2) is 29.6 Å². The molecule has 3 rings (SSSR count). The molecule has 0 bridgehead atoms. The number of ether oxygens (including phenoxy) is 1. The number of urea groups is 1. The zero-order chi connectivity index (χ0) is 19.4. The second-order valence-electron chi connectivity index (χ2n) is 5.64. The van der Waals surface area contributed by atoms with Crippen LogP contribution in [0.2, 0.25) is 0 Å². The second-order valence-corrected chi connectivity index (χ2v) is 5.64. The Kier molecular flexibility index (Phi) is 5.03. The molecule has 136 valence electrons. The molecule has 1 aliphatic rings. The van der Waals surface area contributed by atoms with E-state index in [0.29, 0.717) is 17.9 Å². The van der Waals surface area contributed by atoms with E-state index in [1.165, 1.54) is 30.3 Å². The fourth-order valence-electron chi connectivity index (χ4n) is 2.48. The number of hydrogen-bond donors (Lipinski definition) is 2. The van der Waals surface area contributed by atoms with E-state index in [-0.39, 0.29) is 17.0 Å². The van der Waals surface area contributed by atoms with Gasteiger partial charge in [0.2, 0.25) is 0 Å². The minimum Gasteiger partial charge on any atom is -0.508 e. The number of phenols is 1. The molecule has 0 radical (unpaired) electrons. The van der Waals surface area contributed by atoms with Crippen LogP contribution >= 0.6 is 0 Å². The van der Waals surface area contributed by atoms with Crippen molar-refractivity contribution in [1.29, 1.82) is 0 Å².